The molecule has 0 unspecified atom stereocenters. The van der Waals surface area contributed by atoms with E-state index in [4.69, 9.17) is 11.6 Å². The average molecular weight is 240 g/mol. The first-order valence-corrected chi connectivity index (χ1v) is 5.78. The summed E-state index contributed by atoms with van der Waals surface area (Å²) in [5.74, 6) is -0.0932. The van der Waals surface area contributed by atoms with Gasteiger partial charge in [0.1, 0.15) is 0 Å². The van der Waals surface area contributed by atoms with Crippen LogP contribution in [0, 0.1) is 0 Å². The Bertz CT molecular complexity index is 394. The number of nitrogens with zero attached hydrogens (tertiary/aromatic N) is 1. The molecule has 1 N–H and O–H groups in total. The number of carbonyl (C=O) groups excluding carboxylic acids is 1. The van der Waals surface area contributed by atoms with Crippen LogP contribution in [-0.2, 0) is 0 Å². The molecule has 1 atom stereocenters. The maximum atomic E-state index is 12.1. The van der Waals surface area contributed by atoms with Crippen molar-refractivity contribution in [2.45, 2.75) is 18.9 Å². The highest BCUT2D eigenvalue weighted by atomic mass is 35.5. The van der Waals surface area contributed by atoms with Crippen molar-refractivity contribution in [1.29, 1.82) is 0 Å². The molecule has 1 aromatic rings. The third kappa shape index (κ3) is 2.36. The Morgan fingerprint density at radius 1 is 1.44 bits per heavy atom. The van der Waals surface area contributed by atoms with Gasteiger partial charge >= 0.3 is 0 Å². The molecule has 0 radical (unpaired) electrons. The van der Waals surface area contributed by atoms with Gasteiger partial charge in [0.2, 0.25) is 0 Å². The Morgan fingerprint density at radius 2 is 2.19 bits per heavy atom. The minimum absolute atomic E-state index is 0.0932. The van der Waals surface area contributed by atoms with Crippen molar-refractivity contribution in [1.82, 2.24) is 4.90 Å². The van der Waals surface area contributed by atoms with Crippen LogP contribution in [0.3, 0.4) is 0 Å². The average Bonchev–Trinajstić information content (AvgIpc) is 2.29. The van der Waals surface area contributed by atoms with Gasteiger partial charge in [0, 0.05) is 13.1 Å². The van der Waals surface area contributed by atoms with Crippen LogP contribution in [0.5, 0.6) is 0 Å². The van der Waals surface area contributed by atoms with Crippen molar-refractivity contribution < 1.29 is 9.90 Å². The highest BCUT2D eigenvalue weighted by Crippen LogP contribution is 2.19. The van der Waals surface area contributed by atoms with Crippen molar-refractivity contribution >= 4 is 17.5 Å². The number of halogens is 1. The molecule has 1 aliphatic rings. The molecule has 1 fully saturated rings. The third-order valence-electron chi connectivity index (χ3n) is 2.79. The molecule has 0 spiro atoms. The van der Waals surface area contributed by atoms with Crippen LogP contribution in [0.2, 0.25) is 5.02 Å². The Balaban J connectivity index is 2.16. The summed E-state index contributed by atoms with van der Waals surface area (Å²) >= 11 is 5.96. The van der Waals surface area contributed by atoms with Gasteiger partial charge in [-0.25, -0.2) is 0 Å². The second-order valence-electron chi connectivity index (χ2n) is 4.03. The van der Waals surface area contributed by atoms with Gasteiger partial charge in [0.15, 0.2) is 0 Å². The predicted molar refractivity (Wildman–Crippen MR) is 62.6 cm³/mol. The lowest BCUT2D eigenvalue weighted by molar-refractivity contribution is 0.0474. The molecule has 1 aliphatic heterocycles. The zero-order chi connectivity index (χ0) is 11.5. The second-order valence-corrected chi connectivity index (χ2v) is 4.43. The summed E-state index contributed by atoms with van der Waals surface area (Å²) < 4.78 is 0. The highest BCUT2D eigenvalue weighted by molar-refractivity contribution is 6.33. The third-order valence-corrected chi connectivity index (χ3v) is 3.12. The van der Waals surface area contributed by atoms with E-state index in [1.54, 1.807) is 29.2 Å². The van der Waals surface area contributed by atoms with Gasteiger partial charge in [-0.05, 0) is 25.0 Å². The number of carbonyl (C=O) groups is 1. The van der Waals surface area contributed by atoms with Gasteiger partial charge < -0.3 is 10.0 Å². The summed E-state index contributed by atoms with van der Waals surface area (Å²) in [6, 6.07) is 7.00. The Kier molecular flexibility index (Phi) is 3.46. The van der Waals surface area contributed by atoms with E-state index in [1.165, 1.54) is 0 Å². The standard InChI is InChI=1S/C12H14ClNO2/c13-11-6-2-1-5-10(11)12(16)14-7-3-4-9(15)8-14/h1-2,5-6,9,15H,3-4,7-8H2/t9-/m1/s1. The lowest BCUT2D eigenvalue weighted by Crippen LogP contribution is -2.42. The number of aliphatic hydroxyl groups is 1. The van der Waals surface area contributed by atoms with Crippen LogP contribution in [0.25, 0.3) is 0 Å². The minimum Gasteiger partial charge on any atom is -0.391 e. The topological polar surface area (TPSA) is 40.5 Å². The number of benzene rings is 1. The first kappa shape index (κ1) is 11.4. The predicted octanol–water partition coefficient (Wildman–Crippen LogP) is 1.94. The zero-order valence-electron chi connectivity index (χ0n) is 8.90. The Hall–Kier alpha value is -1.06. The molecule has 0 saturated carbocycles. The zero-order valence-corrected chi connectivity index (χ0v) is 9.65. The molecule has 0 aromatic heterocycles. The maximum Gasteiger partial charge on any atom is 0.255 e. The quantitative estimate of drug-likeness (QED) is 0.814. The number of rotatable bonds is 1. The van der Waals surface area contributed by atoms with E-state index in [0.717, 1.165) is 12.8 Å². The van der Waals surface area contributed by atoms with E-state index < -0.39 is 6.10 Å². The summed E-state index contributed by atoms with van der Waals surface area (Å²) in [7, 11) is 0. The first-order chi connectivity index (χ1) is 7.68. The van der Waals surface area contributed by atoms with Crippen molar-refractivity contribution in [2.75, 3.05) is 13.1 Å². The molecule has 0 bridgehead atoms. The molecule has 3 nitrogen and oxygen atoms in total. The normalized spacial score (nSPS) is 20.9. The van der Waals surface area contributed by atoms with Crippen LogP contribution < -0.4 is 0 Å². The summed E-state index contributed by atoms with van der Waals surface area (Å²) in [5, 5.41) is 9.98. The highest BCUT2D eigenvalue weighted by Gasteiger charge is 2.23. The monoisotopic (exact) mass is 239 g/mol. The number of piperidine rings is 1. The lowest BCUT2D eigenvalue weighted by Gasteiger charge is -2.30. The van der Waals surface area contributed by atoms with E-state index in [-0.39, 0.29) is 5.91 Å². The van der Waals surface area contributed by atoms with Crippen molar-refractivity contribution in [3.63, 3.8) is 0 Å². The number of β-amino-alcohol motifs (C(OH)–C–C–N with tert-alkyl or cyclic N) is 1. The smallest absolute Gasteiger partial charge is 0.255 e. The van der Waals surface area contributed by atoms with Crippen LogP contribution >= 0.6 is 11.6 Å². The molecule has 4 heteroatoms. The van der Waals surface area contributed by atoms with Crippen LogP contribution in [-0.4, -0.2) is 35.1 Å². The molecule has 0 aliphatic carbocycles. The van der Waals surface area contributed by atoms with Gasteiger partial charge in [0.05, 0.1) is 16.7 Å². The molecule has 16 heavy (non-hydrogen) atoms. The molecule has 1 saturated heterocycles. The van der Waals surface area contributed by atoms with Gasteiger partial charge in [-0.2, -0.15) is 0 Å². The van der Waals surface area contributed by atoms with Gasteiger partial charge in [-0.15, -0.1) is 0 Å². The fourth-order valence-corrected chi connectivity index (χ4v) is 2.16. The summed E-state index contributed by atoms with van der Waals surface area (Å²) in [4.78, 5) is 13.8. The van der Waals surface area contributed by atoms with E-state index in [0.29, 0.717) is 23.7 Å². The number of likely N-dealkylation sites (tertiary alicyclic amines) is 1. The second kappa shape index (κ2) is 4.85. The van der Waals surface area contributed by atoms with Crippen molar-refractivity contribution in [2.24, 2.45) is 0 Å². The molecule has 2 rings (SSSR count). The first-order valence-electron chi connectivity index (χ1n) is 5.40. The van der Waals surface area contributed by atoms with Gasteiger partial charge in [0.25, 0.3) is 5.91 Å². The van der Waals surface area contributed by atoms with Crippen LogP contribution in [0.1, 0.15) is 23.2 Å². The largest absolute Gasteiger partial charge is 0.391 e. The Labute approximate surface area is 99.6 Å². The van der Waals surface area contributed by atoms with Crippen molar-refractivity contribution in [3.8, 4) is 0 Å². The molecule has 1 aromatic carbocycles. The van der Waals surface area contributed by atoms with Gasteiger partial charge in [-0.3, -0.25) is 4.79 Å². The summed E-state index contributed by atoms with van der Waals surface area (Å²) in [6.45, 7) is 1.10. The van der Waals surface area contributed by atoms with E-state index >= 15 is 0 Å². The SMILES string of the molecule is O=C(c1ccccc1Cl)N1CCC[C@@H](O)C1. The molecule has 1 amide bonds. The fourth-order valence-electron chi connectivity index (χ4n) is 1.94. The maximum absolute atomic E-state index is 12.1. The molecular formula is C12H14ClNO2. The summed E-state index contributed by atoms with van der Waals surface area (Å²) in [6.07, 6.45) is 1.21. The summed E-state index contributed by atoms with van der Waals surface area (Å²) in [5.41, 5.74) is 0.512. The van der Waals surface area contributed by atoms with Gasteiger partial charge in [-0.1, -0.05) is 23.7 Å². The number of aliphatic hydroxyl groups excluding tert-OH is 1. The van der Waals surface area contributed by atoms with Crippen molar-refractivity contribution in [3.05, 3.63) is 34.9 Å². The number of hydrogen-bond donors (Lipinski definition) is 1. The van der Waals surface area contributed by atoms with Crippen LogP contribution in [0.15, 0.2) is 24.3 Å². The number of amides is 1. The minimum atomic E-state index is -0.403. The molecular weight excluding hydrogens is 226 g/mol. The molecule has 86 valence electrons. The Morgan fingerprint density at radius 3 is 2.88 bits per heavy atom. The van der Waals surface area contributed by atoms with Crippen LogP contribution in [0.4, 0.5) is 0 Å². The molecule has 1 heterocycles. The van der Waals surface area contributed by atoms with E-state index in [1.807, 2.05) is 0 Å². The van der Waals surface area contributed by atoms with E-state index in [9.17, 15) is 9.90 Å². The number of hydrogen-bond acceptors (Lipinski definition) is 2. The van der Waals surface area contributed by atoms with E-state index in [2.05, 4.69) is 0 Å². The lowest BCUT2D eigenvalue weighted by atomic mass is 10.1. The fraction of sp³-hybridized carbons (Fsp3) is 0.417.